The first kappa shape index (κ1) is 15.1. The summed E-state index contributed by atoms with van der Waals surface area (Å²) in [6, 6.07) is 6.78. The Balaban J connectivity index is 1.74. The minimum absolute atomic E-state index is 0.209. The van der Waals surface area contributed by atoms with Crippen LogP contribution in [-0.4, -0.2) is 42.5 Å². The number of unbranched alkanes of at least 4 members (excludes halogenated alkanes) is 3. The number of nitrogens with zero attached hydrogens (tertiary/aromatic N) is 1. The molecule has 0 aromatic heterocycles. The van der Waals surface area contributed by atoms with Crippen LogP contribution in [0.5, 0.6) is 11.5 Å². The number of ether oxygens (including phenoxy) is 2. The molecule has 1 unspecified atom stereocenters. The number of morpholine rings is 1. The molecule has 4 nitrogen and oxygen atoms in total. The van der Waals surface area contributed by atoms with E-state index in [0.717, 1.165) is 32.0 Å². The van der Waals surface area contributed by atoms with Crippen LogP contribution in [0.25, 0.3) is 0 Å². The average Bonchev–Trinajstić information content (AvgIpc) is 2.47. The fourth-order valence-corrected chi connectivity index (χ4v) is 2.38. The van der Waals surface area contributed by atoms with Crippen LogP contribution in [-0.2, 0) is 4.74 Å². The van der Waals surface area contributed by atoms with E-state index in [0.29, 0.717) is 0 Å². The largest absolute Gasteiger partial charge is 0.508 e. The highest BCUT2D eigenvalue weighted by atomic mass is 16.7. The quantitative estimate of drug-likeness (QED) is 0.779. The van der Waals surface area contributed by atoms with Gasteiger partial charge in [0.1, 0.15) is 11.5 Å². The fourth-order valence-electron chi connectivity index (χ4n) is 2.38. The Kier molecular flexibility index (Phi) is 6.15. The van der Waals surface area contributed by atoms with Crippen LogP contribution in [0.15, 0.2) is 24.3 Å². The fraction of sp³-hybridized carbons (Fsp3) is 0.625. The molecule has 4 heteroatoms. The molecule has 1 saturated heterocycles. The lowest BCUT2D eigenvalue weighted by molar-refractivity contribution is -0.130. The second-order valence-corrected chi connectivity index (χ2v) is 5.27. The molecule has 0 bridgehead atoms. The lowest BCUT2D eigenvalue weighted by Gasteiger charge is -2.32. The molecule has 1 atom stereocenters. The highest BCUT2D eigenvalue weighted by Crippen LogP contribution is 2.19. The molecule has 2 rings (SSSR count). The van der Waals surface area contributed by atoms with E-state index in [1.807, 2.05) is 0 Å². The first-order valence-corrected chi connectivity index (χ1v) is 7.57. The molecule has 112 valence electrons. The van der Waals surface area contributed by atoms with Crippen LogP contribution >= 0.6 is 0 Å². The van der Waals surface area contributed by atoms with Crippen LogP contribution in [0.3, 0.4) is 0 Å². The highest BCUT2D eigenvalue weighted by molar-refractivity contribution is 5.30. The Morgan fingerprint density at radius 3 is 2.80 bits per heavy atom. The predicted molar refractivity (Wildman–Crippen MR) is 79.1 cm³/mol. The van der Waals surface area contributed by atoms with Gasteiger partial charge in [-0.2, -0.15) is 0 Å². The van der Waals surface area contributed by atoms with Crippen LogP contribution < -0.4 is 4.74 Å². The van der Waals surface area contributed by atoms with Gasteiger partial charge in [-0.15, -0.1) is 0 Å². The summed E-state index contributed by atoms with van der Waals surface area (Å²) in [5.41, 5.74) is 0. The van der Waals surface area contributed by atoms with Crippen molar-refractivity contribution in [3.05, 3.63) is 24.3 Å². The van der Waals surface area contributed by atoms with Gasteiger partial charge in [0, 0.05) is 6.54 Å². The van der Waals surface area contributed by atoms with E-state index in [4.69, 9.17) is 9.47 Å². The van der Waals surface area contributed by atoms with Crippen LogP contribution in [0, 0.1) is 0 Å². The molecule has 1 aliphatic rings. The van der Waals surface area contributed by atoms with Crippen molar-refractivity contribution in [3.63, 3.8) is 0 Å². The summed E-state index contributed by atoms with van der Waals surface area (Å²) in [5.74, 6) is 0.986. The molecule has 20 heavy (non-hydrogen) atoms. The summed E-state index contributed by atoms with van der Waals surface area (Å²) in [5, 5.41) is 9.25. The summed E-state index contributed by atoms with van der Waals surface area (Å²) in [6.45, 7) is 5.88. The minimum atomic E-state index is -0.209. The number of benzene rings is 1. The van der Waals surface area contributed by atoms with Gasteiger partial charge >= 0.3 is 0 Å². The molecule has 0 aliphatic carbocycles. The van der Waals surface area contributed by atoms with E-state index in [2.05, 4.69) is 11.8 Å². The smallest absolute Gasteiger partial charge is 0.212 e. The first-order valence-electron chi connectivity index (χ1n) is 7.57. The van der Waals surface area contributed by atoms with E-state index < -0.39 is 0 Å². The van der Waals surface area contributed by atoms with Crippen molar-refractivity contribution in [2.75, 3.05) is 26.2 Å². The summed E-state index contributed by atoms with van der Waals surface area (Å²) >= 11 is 0. The van der Waals surface area contributed by atoms with E-state index in [9.17, 15) is 5.11 Å². The zero-order chi connectivity index (χ0) is 14.2. The van der Waals surface area contributed by atoms with Crippen molar-refractivity contribution >= 4 is 0 Å². The third-order valence-electron chi connectivity index (χ3n) is 3.55. The highest BCUT2D eigenvalue weighted by Gasteiger charge is 2.21. The van der Waals surface area contributed by atoms with Gasteiger partial charge in [-0.3, -0.25) is 4.90 Å². The molecule has 0 spiro atoms. The molecular weight excluding hydrogens is 254 g/mol. The van der Waals surface area contributed by atoms with E-state index in [1.165, 1.54) is 25.7 Å². The van der Waals surface area contributed by atoms with Crippen molar-refractivity contribution in [2.45, 2.75) is 38.9 Å². The molecule has 1 aromatic rings. The zero-order valence-corrected chi connectivity index (χ0v) is 12.3. The maximum Gasteiger partial charge on any atom is 0.212 e. The van der Waals surface area contributed by atoms with Crippen LogP contribution in [0.2, 0.25) is 0 Å². The predicted octanol–water partition coefficient (Wildman–Crippen LogP) is 3.01. The van der Waals surface area contributed by atoms with Crippen molar-refractivity contribution in [1.82, 2.24) is 4.90 Å². The number of hydrogen-bond acceptors (Lipinski definition) is 4. The van der Waals surface area contributed by atoms with Crippen molar-refractivity contribution in [2.24, 2.45) is 0 Å². The minimum Gasteiger partial charge on any atom is -0.508 e. The van der Waals surface area contributed by atoms with Gasteiger partial charge in [0.15, 0.2) is 0 Å². The van der Waals surface area contributed by atoms with Gasteiger partial charge in [-0.25, -0.2) is 0 Å². The van der Waals surface area contributed by atoms with Crippen LogP contribution in [0.4, 0.5) is 0 Å². The van der Waals surface area contributed by atoms with Crippen molar-refractivity contribution in [3.8, 4) is 11.5 Å². The SMILES string of the molecule is CCCCCCN1CCOC(Oc2ccc(O)cc2)C1. The van der Waals surface area contributed by atoms with Crippen molar-refractivity contribution < 1.29 is 14.6 Å². The molecule has 0 radical (unpaired) electrons. The third kappa shape index (κ3) is 5.02. The Hall–Kier alpha value is -1.26. The summed E-state index contributed by atoms with van der Waals surface area (Å²) in [7, 11) is 0. The molecular formula is C16H25NO3. The Morgan fingerprint density at radius 2 is 2.05 bits per heavy atom. The molecule has 0 amide bonds. The Labute approximate surface area is 121 Å². The van der Waals surface area contributed by atoms with Gasteiger partial charge in [0.2, 0.25) is 6.29 Å². The normalized spacial score (nSPS) is 19.9. The second-order valence-electron chi connectivity index (χ2n) is 5.27. The third-order valence-corrected chi connectivity index (χ3v) is 3.55. The topological polar surface area (TPSA) is 41.9 Å². The second kappa shape index (κ2) is 8.12. The standard InChI is InChI=1S/C16H25NO3/c1-2-3-4-5-10-17-11-12-19-16(13-17)20-15-8-6-14(18)7-9-15/h6-9,16,18H,2-5,10-13H2,1H3. The van der Waals surface area contributed by atoms with Gasteiger partial charge < -0.3 is 14.6 Å². The van der Waals surface area contributed by atoms with Crippen LogP contribution in [0.1, 0.15) is 32.6 Å². The molecule has 0 saturated carbocycles. The van der Waals surface area contributed by atoms with Gasteiger partial charge in [-0.1, -0.05) is 26.2 Å². The Bertz CT molecular complexity index is 380. The average molecular weight is 279 g/mol. The number of rotatable bonds is 7. The number of aromatic hydroxyl groups is 1. The van der Waals surface area contributed by atoms with Crippen molar-refractivity contribution in [1.29, 1.82) is 0 Å². The lowest BCUT2D eigenvalue weighted by Crippen LogP contribution is -2.45. The summed E-state index contributed by atoms with van der Waals surface area (Å²) in [4.78, 5) is 2.41. The van der Waals surface area contributed by atoms with Gasteiger partial charge in [0.25, 0.3) is 0 Å². The summed E-state index contributed by atoms with van der Waals surface area (Å²) in [6.07, 6.45) is 4.93. The molecule has 1 aromatic carbocycles. The van der Waals surface area contributed by atoms with E-state index in [1.54, 1.807) is 24.3 Å². The number of phenolic OH excluding ortho intramolecular Hbond substituents is 1. The lowest BCUT2D eigenvalue weighted by atomic mass is 10.2. The summed E-state index contributed by atoms with van der Waals surface area (Å²) < 4.78 is 11.4. The molecule has 1 N–H and O–H groups in total. The number of hydrogen-bond donors (Lipinski definition) is 1. The van der Waals surface area contributed by atoms with Gasteiger partial charge in [0.05, 0.1) is 13.2 Å². The zero-order valence-electron chi connectivity index (χ0n) is 12.3. The van der Waals surface area contributed by atoms with E-state index >= 15 is 0 Å². The van der Waals surface area contributed by atoms with E-state index in [-0.39, 0.29) is 12.0 Å². The maximum atomic E-state index is 9.25. The maximum absolute atomic E-state index is 9.25. The number of phenols is 1. The molecule has 1 heterocycles. The van der Waals surface area contributed by atoms with Gasteiger partial charge in [-0.05, 0) is 37.2 Å². The first-order chi connectivity index (χ1) is 9.78. The Morgan fingerprint density at radius 1 is 1.25 bits per heavy atom. The molecule has 1 aliphatic heterocycles. The monoisotopic (exact) mass is 279 g/mol. The molecule has 1 fully saturated rings.